The molecule has 0 fully saturated rings. The monoisotopic (exact) mass is 726 g/mol. The van der Waals surface area contributed by atoms with Crippen molar-refractivity contribution in [3.63, 3.8) is 0 Å². The van der Waals surface area contributed by atoms with Crippen LogP contribution < -0.4 is 33.0 Å². The fraction of sp³-hybridized carbons (Fsp3) is 0.727. The molecule has 1 rings (SSSR count). The lowest BCUT2D eigenvalue weighted by molar-refractivity contribution is -0.145. The van der Waals surface area contributed by atoms with E-state index in [0.29, 0.717) is 13.7 Å². The van der Waals surface area contributed by atoms with Crippen LogP contribution in [0.5, 0.6) is 0 Å². The summed E-state index contributed by atoms with van der Waals surface area (Å²) in [6.07, 6.45) is -0.559. The van der Waals surface area contributed by atoms with Gasteiger partial charge in [0.15, 0.2) is 0 Å². The van der Waals surface area contributed by atoms with Gasteiger partial charge in [-0.05, 0) is 37.0 Å². The summed E-state index contributed by atoms with van der Waals surface area (Å²) in [6.45, 7) is 9.49. The molecule has 0 aliphatic carbocycles. The Balaban J connectivity index is 3.45. The van der Waals surface area contributed by atoms with Gasteiger partial charge < -0.3 is 30.2 Å². The number of nitrogens with one attached hydrogen (secondary N) is 3. The van der Waals surface area contributed by atoms with Gasteiger partial charge >= 0.3 is 35.0 Å². The molecule has 1 aromatic heterocycles. The van der Waals surface area contributed by atoms with Gasteiger partial charge in [-0.3, -0.25) is 14.4 Å². The SMILES string of the molecule is COC(=O)[C@H](CC(C)C)NC(=O)CCn1c(=O)n(CCC(=O)N[C@@H](CC(C)C)C(=O)OC)c(=O)n(CCC(=O)N[C@@H](CC(C)C)C(=O)OC)c1=O. The summed E-state index contributed by atoms with van der Waals surface area (Å²) in [5.74, 6) is -4.02. The zero-order chi connectivity index (χ0) is 39.0. The number of hydrogen-bond acceptors (Lipinski definition) is 12. The van der Waals surface area contributed by atoms with Crippen LogP contribution in [0.4, 0.5) is 0 Å². The highest BCUT2D eigenvalue weighted by Gasteiger charge is 2.26. The maximum absolute atomic E-state index is 13.5. The molecule has 51 heavy (non-hydrogen) atoms. The molecule has 18 nitrogen and oxygen atoms in total. The molecule has 0 spiro atoms. The van der Waals surface area contributed by atoms with E-state index in [1.807, 2.05) is 41.5 Å². The van der Waals surface area contributed by atoms with Crippen LogP contribution in [0.2, 0.25) is 0 Å². The van der Waals surface area contributed by atoms with Gasteiger partial charge in [0.1, 0.15) is 18.1 Å². The molecule has 1 aromatic rings. The van der Waals surface area contributed by atoms with Crippen molar-refractivity contribution in [2.24, 2.45) is 17.8 Å². The van der Waals surface area contributed by atoms with E-state index >= 15 is 0 Å². The molecule has 0 radical (unpaired) electrons. The first-order valence-corrected chi connectivity index (χ1v) is 16.9. The highest BCUT2D eigenvalue weighted by atomic mass is 16.5. The molecule has 0 aromatic carbocycles. The second-order valence-electron chi connectivity index (χ2n) is 13.4. The first-order valence-electron chi connectivity index (χ1n) is 16.9. The summed E-state index contributed by atoms with van der Waals surface area (Å²) in [6, 6.07) is -2.93. The van der Waals surface area contributed by atoms with Crippen molar-refractivity contribution in [3.05, 3.63) is 31.5 Å². The number of methoxy groups -OCH3 is 3. The van der Waals surface area contributed by atoms with Gasteiger partial charge in [-0.2, -0.15) is 0 Å². The average molecular weight is 727 g/mol. The Hall–Kier alpha value is -4.77. The standard InChI is InChI=1S/C33H54N6O12/c1-19(2)16-22(28(43)49-7)34-25(40)10-13-37-31(46)38(14-11-26(41)35-23(17-20(3)4)29(44)50-8)33(48)39(32(37)47)15-12-27(42)36-24(18-21(5)6)30(45)51-9/h19-24H,10-18H2,1-9H3,(H,34,40)(H,35,41)(H,36,42)/t22-,23-,24-/m0/s1. The van der Waals surface area contributed by atoms with E-state index in [-0.39, 0.29) is 37.0 Å². The first-order chi connectivity index (χ1) is 23.9. The topological polar surface area (TPSA) is 232 Å². The number of aromatic nitrogens is 3. The molecule has 3 amide bonds. The predicted octanol–water partition coefficient (Wildman–Crippen LogP) is -0.546. The molecule has 0 unspecified atom stereocenters. The van der Waals surface area contributed by atoms with Gasteiger partial charge in [0, 0.05) is 38.9 Å². The summed E-state index contributed by atoms with van der Waals surface area (Å²) >= 11 is 0. The van der Waals surface area contributed by atoms with Crippen molar-refractivity contribution in [1.82, 2.24) is 29.7 Å². The maximum Gasteiger partial charge on any atom is 0.336 e. The smallest absolute Gasteiger partial charge is 0.336 e. The van der Waals surface area contributed by atoms with Crippen molar-refractivity contribution >= 4 is 35.6 Å². The van der Waals surface area contributed by atoms with Crippen LogP contribution in [-0.2, 0) is 62.6 Å². The molecular weight excluding hydrogens is 672 g/mol. The summed E-state index contributed by atoms with van der Waals surface area (Å²) in [7, 11) is 3.52. The van der Waals surface area contributed by atoms with Gasteiger partial charge in [0.25, 0.3) is 0 Å². The molecule has 18 heteroatoms. The van der Waals surface area contributed by atoms with E-state index < -0.39 is 110 Å². The third-order valence-electron chi connectivity index (χ3n) is 7.66. The maximum atomic E-state index is 13.5. The lowest BCUT2D eigenvalue weighted by Gasteiger charge is -2.19. The van der Waals surface area contributed by atoms with Gasteiger partial charge in [0.2, 0.25) is 17.7 Å². The van der Waals surface area contributed by atoms with Crippen LogP contribution in [0, 0.1) is 17.8 Å². The molecule has 3 atom stereocenters. The van der Waals surface area contributed by atoms with Crippen LogP contribution in [0.15, 0.2) is 14.4 Å². The first kappa shape index (κ1) is 44.3. The molecule has 288 valence electrons. The molecule has 3 N–H and O–H groups in total. The van der Waals surface area contributed by atoms with E-state index in [1.54, 1.807) is 0 Å². The van der Waals surface area contributed by atoms with Gasteiger partial charge in [-0.1, -0.05) is 41.5 Å². The average Bonchev–Trinajstić information content (AvgIpc) is 3.05. The minimum absolute atomic E-state index is 0.0173. The van der Waals surface area contributed by atoms with Crippen molar-refractivity contribution in [1.29, 1.82) is 0 Å². The Morgan fingerprint density at radius 1 is 0.471 bits per heavy atom. The number of hydrogen-bond donors (Lipinski definition) is 3. The molecule has 1 heterocycles. The zero-order valence-corrected chi connectivity index (χ0v) is 31.1. The van der Waals surface area contributed by atoms with Gasteiger partial charge in [0.05, 0.1) is 21.3 Å². The van der Waals surface area contributed by atoms with Crippen LogP contribution >= 0.6 is 0 Å². The predicted molar refractivity (Wildman–Crippen MR) is 183 cm³/mol. The van der Waals surface area contributed by atoms with Crippen molar-refractivity contribution < 1.29 is 43.0 Å². The highest BCUT2D eigenvalue weighted by molar-refractivity contribution is 5.85. The second kappa shape index (κ2) is 21.4. The number of amides is 3. The Morgan fingerprint density at radius 2 is 0.686 bits per heavy atom. The van der Waals surface area contributed by atoms with Gasteiger partial charge in [-0.25, -0.2) is 42.5 Å². The number of esters is 3. The van der Waals surface area contributed by atoms with E-state index in [0.717, 1.165) is 0 Å². The molecular formula is C33H54N6O12. The lowest BCUT2D eigenvalue weighted by Crippen LogP contribution is -2.55. The third-order valence-corrected chi connectivity index (χ3v) is 7.66. The quantitative estimate of drug-likeness (QED) is 0.107. The van der Waals surface area contributed by atoms with E-state index in [4.69, 9.17) is 14.2 Å². The fourth-order valence-electron chi connectivity index (χ4n) is 5.18. The summed E-state index contributed by atoms with van der Waals surface area (Å²) in [4.78, 5) is 116. The lowest BCUT2D eigenvalue weighted by atomic mass is 10.0. The Labute approximate surface area is 296 Å². The fourth-order valence-corrected chi connectivity index (χ4v) is 5.18. The number of carbonyl (C=O) groups is 6. The Kier molecular flexibility index (Phi) is 18.6. The molecule has 0 bridgehead atoms. The summed E-state index contributed by atoms with van der Waals surface area (Å²) in [5, 5.41) is 7.60. The number of nitrogens with zero attached hydrogens (tertiary/aromatic N) is 3. The van der Waals surface area contributed by atoms with Crippen LogP contribution in [0.25, 0.3) is 0 Å². The van der Waals surface area contributed by atoms with Crippen molar-refractivity contribution in [2.75, 3.05) is 21.3 Å². The van der Waals surface area contributed by atoms with E-state index in [1.165, 1.54) is 21.3 Å². The minimum atomic E-state index is -1.12. The normalized spacial score (nSPS) is 12.9. The van der Waals surface area contributed by atoms with Gasteiger partial charge in [-0.15, -0.1) is 0 Å². The summed E-state index contributed by atoms with van der Waals surface area (Å²) < 4.78 is 16.1. The molecule has 0 aliphatic rings. The zero-order valence-electron chi connectivity index (χ0n) is 31.1. The summed E-state index contributed by atoms with van der Waals surface area (Å²) in [5.41, 5.74) is -3.35. The van der Waals surface area contributed by atoms with E-state index in [2.05, 4.69) is 16.0 Å². The molecule has 0 saturated heterocycles. The van der Waals surface area contributed by atoms with Crippen LogP contribution in [0.3, 0.4) is 0 Å². The number of rotatable bonds is 21. The third kappa shape index (κ3) is 14.5. The largest absolute Gasteiger partial charge is 0.467 e. The second-order valence-corrected chi connectivity index (χ2v) is 13.4. The highest BCUT2D eigenvalue weighted by Crippen LogP contribution is 2.09. The molecule has 0 saturated carbocycles. The Morgan fingerprint density at radius 3 is 0.863 bits per heavy atom. The van der Waals surface area contributed by atoms with Crippen molar-refractivity contribution in [3.8, 4) is 0 Å². The van der Waals surface area contributed by atoms with Crippen LogP contribution in [-0.4, -0.2) is 88.8 Å². The van der Waals surface area contributed by atoms with Crippen molar-refractivity contribution in [2.45, 2.75) is 118 Å². The number of carbonyl (C=O) groups excluding carboxylic acids is 6. The van der Waals surface area contributed by atoms with E-state index in [9.17, 15) is 43.2 Å². The minimum Gasteiger partial charge on any atom is -0.467 e. The number of ether oxygens (including phenoxy) is 3. The molecule has 0 aliphatic heterocycles. The van der Waals surface area contributed by atoms with Crippen LogP contribution in [0.1, 0.15) is 80.1 Å². The Bertz CT molecular complexity index is 1350.